The molecule has 1 aliphatic rings. The zero-order chi connectivity index (χ0) is 13.3. The molecule has 0 radical (unpaired) electrons. The number of nitrogens with zero attached hydrogens (tertiary/aromatic N) is 1. The van der Waals surface area contributed by atoms with Crippen LogP contribution in [0, 0.1) is 0 Å². The van der Waals surface area contributed by atoms with Crippen molar-refractivity contribution in [2.45, 2.75) is 18.9 Å². The van der Waals surface area contributed by atoms with Crippen LogP contribution in [0.4, 0.5) is 5.69 Å². The summed E-state index contributed by atoms with van der Waals surface area (Å²) in [5.41, 5.74) is 0.460. The number of halogens is 2. The maximum atomic E-state index is 12.0. The number of anilines is 1. The van der Waals surface area contributed by atoms with E-state index in [9.17, 15) is 9.59 Å². The Balaban J connectivity index is 2.12. The predicted octanol–water partition coefficient (Wildman–Crippen LogP) is 2.55. The molecule has 4 nitrogen and oxygen atoms in total. The lowest BCUT2D eigenvalue weighted by Gasteiger charge is -2.19. The highest BCUT2D eigenvalue weighted by molar-refractivity contribution is 6.35. The van der Waals surface area contributed by atoms with Crippen LogP contribution in [0.5, 0.6) is 0 Å². The van der Waals surface area contributed by atoms with E-state index in [1.54, 1.807) is 25.2 Å². The zero-order valence-electron chi connectivity index (χ0n) is 9.74. The van der Waals surface area contributed by atoms with Crippen molar-refractivity contribution in [1.29, 1.82) is 0 Å². The maximum Gasteiger partial charge on any atom is 0.247 e. The quantitative estimate of drug-likeness (QED) is 0.908. The van der Waals surface area contributed by atoms with Gasteiger partial charge < -0.3 is 10.2 Å². The summed E-state index contributed by atoms with van der Waals surface area (Å²) >= 11 is 11.8. The number of hydrogen-bond acceptors (Lipinski definition) is 2. The maximum absolute atomic E-state index is 12.0. The molecule has 1 aromatic carbocycles. The van der Waals surface area contributed by atoms with Crippen LogP contribution in [0.15, 0.2) is 18.2 Å². The summed E-state index contributed by atoms with van der Waals surface area (Å²) in [5, 5.41) is 3.60. The van der Waals surface area contributed by atoms with Gasteiger partial charge in [0.15, 0.2) is 0 Å². The van der Waals surface area contributed by atoms with E-state index >= 15 is 0 Å². The molecule has 0 aliphatic carbocycles. The fraction of sp³-hybridized carbons (Fsp3) is 0.333. The smallest absolute Gasteiger partial charge is 0.247 e. The predicted molar refractivity (Wildman–Crippen MR) is 70.9 cm³/mol. The minimum absolute atomic E-state index is 0.0210. The van der Waals surface area contributed by atoms with Gasteiger partial charge in [-0.15, -0.1) is 0 Å². The summed E-state index contributed by atoms with van der Waals surface area (Å²) in [7, 11) is 1.62. The molecule has 96 valence electrons. The first-order valence-electron chi connectivity index (χ1n) is 5.50. The number of benzene rings is 1. The third-order valence-corrected chi connectivity index (χ3v) is 3.55. The van der Waals surface area contributed by atoms with E-state index in [2.05, 4.69) is 5.32 Å². The molecule has 6 heteroatoms. The average Bonchev–Trinajstić information content (AvgIpc) is 2.65. The van der Waals surface area contributed by atoms with E-state index in [0.717, 1.165) is 0 Å². The molecular weight excluding hydrogens is 275 g/mol. The van der Waals surface area contributed by atoms with Crippen LogP contribution in [-0.4, -0.2) is 29.8 Å². The van der Waals surface area contributed by atoms with Gasteiger partial charge in [0, 0.05) is 18.5 Å². The van der Waals surface area contributed by atoms with Crippen LogP contribution in [0.2, 0.25) is 10.0 Å². The third kappa shape index (κ3) is 2.60. The van der Waals surface area contributed by atoms with Gasteiger partial charge in [0.05, 0.1) is 10.7 Å². The van der Waals surface area contributed by atoms with E-state index < -0.39 is 6.04 Å². The molecule has 1 atom stereocenters. The number of likely N-dealkylation sites (N-methyl/N-ethyl adjacent to an activating group) is 1. The second-order valence-corrected chi connectivity index (χ2v) is 5.02. The Hall–Kier alpha value is -1.26. The number of nitrogens with one attached hydrogen (secondary N) is 1. The van der Waals surface area contributed by atoms with E-state index in [1.165, 1.54) is 4.90 Å². The van der Waals surface area contributed by atoms with E-state index in [-0.39, 0.29) is 11.8 Å². The highest BCUT2D eigenvalue weighted by atomic mass is 35.5. The van der Waals surface area contributed by atoms with Gasteiger partial charge in [0.25, 0.3) is 0 Å². The van der Waals surface area contributed by atoms with Gasteiger partial charge in [0.1, 0.15) is 6.04 Å². The van der Waals surface area contributed by atoms with Gasteiger partial charge in [-0.2, -0.15) is 0 Å². The first-order valence-corrected chi connectivity index (χ1v) is 6.26. The summed E-state index contributed by atoms with van der Waals surface area (Å²) in [6.45, 7) is 0. The second kappa shape index (κ2) is 5.16. The van der Waals surface area contributed by atoms with Crippen molar-refractivity contribution in [2.75, 3.05) is 12.4 Å². The average molecular weight is 287 g/mol. The molecular formula is C12H12Cl2N2O2. The minimum Gasteiger partial charge on any atom is -0.334 e. The number of carbonyl (C=O) groups is 2. The zero-order valence-corrected chi connectivity index (χ0v) is 11.3. The summed E-state index contributed by atoms with van der Waals surface area (Å²) in [6, 6.07) is 4.40. The SMILES string of the molecule is CN1C(=O)CCC1C(=O)Nc1cc(Cl)ccc1Cl. The van der Waals surface area contributed by atoms with Crippen LogP contribution in [0.1, 0.15) is 12.8 Å². The normalized spacial score (nSPS) is 19.2. The Kier molecular flexibility index (Phi) is 3.78. The van der Waals surface area contributed by atoms with Gasteiger partial charge in [-0.05, 0) is 24.6 Å². The van der Waals surface area contributed by atoms with Crippen molar-refractivity contribution in [3.05, 3.63) is 28.2 Å². The lowest BCUT2D eigenvalue weighted by molar-refractivity contribution is -0.131. The third-order valence-electron chi connectivity index (χ3n) is 2.98. The van der Waals surface area contributed by atoms with Gasteiger partial charge in [-0.3, -0.25) is 9.59 Å². The fourth-order valence-electron chi connectivity index (χ4n) is 1.92. The van der Waals surface area contributed by atoms with Crippen molar-refractivity contribution in [3.63, 3.8) is 0 Å². The molecule has 1 aliphatic heterocycles. The number of rotatable bonds is 2. The molecule has 1 heterocycles. The Morgan fingerprint density at radius 3 is 2.78 bits per heavy atom. The summed E-state index contributed by atoms with van der Waals surface area (Å²) in [4.78, 5) is 24.8. The largest absolute Gasteiger partial charge is 0.334 e. The van der Waals surface area contributed by atoms with Crippen molar-refractivity contribution in [1.82, 2.24) is 4.90 Å². The molecule has 0 aromatic heterocycles. The molecule has 2 rings (SSSR count). The Labute approximate surface area is 115 Å². The van der Waals surface area contributed by atoms with Gasteiger partial charge in [0.2, 0.25) is 11.8 Å². The number of carbonyl (C=O) groups excluding carboxylic acids is 2. The summed E-state index contributed by atoms with van der Waals surface area (Å²) in [6.07, 6.45) is 0.928. The lowest BCUT2D eigenvalue weighted by Crippen LogP contribution is -2.38. The van der Waals surface area contributed by atoms with Gasteiger partial charge in [-0.1, -0.05) is 23.2 Å². The second-order valence-electron chi connectivity index (χ2n) is 4.17. The highest BCUT2D eigenvalue weighted by Gasteiger charge is 2.33. The standard InChI is InChI=1S/C12H12Cl2N2O2/c1-16-10(4-5-11(16)17)12(18)15-9-6-7(13)2-3-8(9)14/h2-3,6,10H,4-5H2,1H3,(H,15,18). The highest BCUT2D eigenvalue weighted by Crippen LogP contribution is 2.26. The molecule has 0 spiro atoms. The molecule has 2 amide bonds. The van der Waals surface area contributed by atoms with E-state index in [4.69, 9.17) is 23.2 Å². The molecule has 1 saturated heterocycles. The first-order chi connectivity index (χ1) is 8.49. The Morgan fingerprint density at radius 2 is 2.17 bits per heavy atom. The first kappa shape index (κ1) is 13.2. The molecule has 0 saturated carbocycles. The minimum atomic E-state index is -0.437. The van der Waals surface area contributed by atoms with Crippen molar-refractivity contribution in [3.8, 4) is 0 Å². The molecule has 1 aromatic rings. The lowest BCUT2D eigenvalue weighted by atomic mass is 10.2. The molecule has 1 N–H and O–H groups in total. The molecule has 0 bridgehead atoms. The summed E-state index contributed by atoms with van der Waals surface area (Å²) < 4.78 is 0. The van der Waals surface area contributed by atoms with Crippen molar-refractivity contribution in [2.24, 2.45) is 0 Å². The summed E-state index contributed by atoms with van der Waals surface area (Å²) in [5.74, 6) is -0.264. The van der Waals surface area contributed by atoms with E-state index in [1.807, 2.05) is 0 Å². The van der Waals surface area contributed by atoms with Crippen molar-refractivity contribution >= 4 is 40.7 Å². The topological polar surface area (TPSA) is 49.4 Å². The van der Waals surface area contributed by atoms with Crippen LogP contribution in [-0.2, 0) is 9.59 Å². The number of likely N-dealkylation sites (tertiary alicyclic amines) is 1. The van der Waals surface area contributed by atoms with Gasteiger partial charge in [-0.25, -0.2) is 0 Å². The van der Waals surface area contributed by atoms with Crippen molar-refractivity contribution < 1.29 is 9.59 Å². The van der Waals surface area contributed by atoms with E-state index in [0.29, 0.717) is 28.6 Å². The van der Waals surface area contributed by atoms with Gasteiger partial charge >= 0.3 is 0 Å². The Bertz CT molecular complexity index is 505. The number of amides is 2. The van der Waals surface area contributed by atoms with Crippen LogP contribution in [0.3, 0.4) is 0 Å². The number of hydrogen-bond donors (Lipinski definition) is 1. The molecule has 1 unspecified atom stereocenters. The van der Waals surface area contributed by atoms with Crippen LogP contribution in [0.25, 0.3) is 0 Å². The van der Waals surface area contributed by atoms with Crippen LogP contribution < -0.4 is 5.32 Å². The molecule has 1 fully saturated rings. The molecule has 18 heavy (non-hydrogen) atoms. The monoisotopic (exact) mass is 286 g/mol. The fourth-order valence-corrected chi connectivity index (χ4v) is 2.26. The van der Waals surface area contributed by atoms with Crippen LogP contribution >= 0.6 is 23.2 Å². The Morgan fingerprint density at radius 1 is 1.44 bits per heavy atom.